The van der Waals surface area contributed by atoms with Crippen LogP contribution in [-0.4, -0.2) is 24.4 Å². The van der Waals surface area contributed by atoms with Crippen LogP contribution in [0.3, 0.4) is 0 Å². The predicted octanol–water partition coefficient (Wildman–Crippen LogP) is 5.18. The largest absolute Gasteiger partial charge is 0.504 e. The zero-order valence-corrected chi connectivity index (χ0v) is 15.3. The summed E-state index contributed by atoms with van der Waals surface area (Å²) < 4.78 is 10.2. The molecule has 0 radical (unpaired) electrons. The van der Waals surface area contributed by atoms with Crippen LogP contribution in [0.5, 0.6) is 23.0 Å². The van der Waals surface area contributed by atoms with Gasteiger partial charge in [-0.2, -0.15) is 0 Å². The molecule has 0 saturated carbocycles. The number of hydrogen-bond acceptors (Lipinski definition) is 4. The van der Waals surface area contributed by atoms with Crippen molar-refractivity contribution in [2.75, 3.05) is 14.2 Å². The first-order chi connectivity index (χ1) is 12.5. The van der Waals surface area contributed by atoms with Gasteiger partial charge < -0.3 is 19.7 Å². The number of aromatic hydroxyl groups is 2. The minimum absolute atomic E-state index is 0.132. The Morgan fingerprint density at radius 1 is 0.885 bits per heavy atom. The molecule has 0 spiro atoms. The van der Waals surface area contributed by atoms with Crippen LogP contribution < -0.4 is 9.47 Å². The molecule has 0 aromatic heterocycles. The number of methoxy groups -OCH3 is 2. The van der Waals surface area contributed by atoms with Crippen molar-refractivity contribution in [2.45, 2.75) is 13.3 Å². The van der Waals surface area contributed by atoms with Crippen LogP contribution in [0.15, 0.2) is 60.2 Å². The van der Waals surface area contributed by atoms with Gasteiger partial charge in [-0.1, -0.05) is 48.1 Å². The Hall–Kier alpha value is -3.14. The van der Waals surface area contributed by atoms with E-state index in [-0.39, 0.29) is 11.5 Å². The van der Waals surface area contributed by atoms with Gasteiger partial charge in [-0.15, -0.1) is 0 Å². The molecule has 0 unspecified atom stereocenters. The normalized spacial score (nSPS) is 12.0. The molecule has 2 N–H and O–H groups in total. The molecule has 0 saturated heterocycles. The Morgan fingerprint density at radius 3 is 1.96 bits per heavy atom. The number of allylic oxidation sites excluding steroid dienone is 4. The highest BCUT2D eigenvalue weighted by Gasteiger charge is 2.01. The van der Waals surface area contributed by atoms with Gasteiger partial charge in [0.15, 0.2) is 23.0 Å². The van der Waals surface area contributed by atoms with Crippen molar-refractivity contribution < 1.29 is 19.7 Å². The number of rotatable bonds is 7. The van der Waals surface area contributed by atoms with E-state index in [0.29, 0.717) is 11.5 Å². The summed E-state index contributed by atoms with van der Waals surface area (Å²) in [6.07, 6.45) is 10.9. The Morgan fingerprint density at radius 2 is 1.42 bits per heavy atom. The first-order valence-electron chi connectivity index (χ1n) is 8.29. The van der Waals surface area contributed by atoms with Crippen LogP contribution in [0.1, 0.15) is 24.5 Å². The molecule has 0 aliphatic rings. The summed E-state index contributed by atoms with van der Waals surface area (Å²) in [6, 6.07) is 10.5. The summed E-state index contributed by atoms with van der Waals surface area (Å²) in [5.41, 5.74) is 3.06. The van der Waals surface area contributed by atoms with Crippen LogP contribution in [0.25, 0.3) is 12.2 Å². The fraction of sp³-hybridized carbons (Fsp3) is 0.182. The Kier molecular flexibility index (Phi) is 6.92. The molecule has 136 valence electrons. The number of ether oxygens (including phenoxy) is 2. The second-order valence-electron chi connectivity index (χ2n) is 5.78. The molecule has 4 nitrogen and oxygen atoms in total. The maximum Gasteiger partial charge on any atom is 0.161 e. The topological polar surface area (TPSA) is 58.9 Å². The molecule has 0 atom stereocenters. The molecule has 2 aromatic carbocycles. The number of phenols is 2. The van der Waals surface area contributed by atoms with E-state index in [2.05, 4.69) is 6.08 Å². The molecule has 2 rings (SSSR count). The van der Waals surface area contributed by atoms with Crippen molar-refractivity contribution in [3.63, 3.8) is 0 Å². The molecule has 0 fully saturated rings. The van der Waals surface area contributed by atoms with E-state index in [4.69, 9.17) is 9.47 Å². The summed E-state index contributed by atoms with van der Waals surface area (Å²) in [5, 5.41) is 19.2. The fourth-order valence-corrected chi connectivity index (χ4v) is 2.35. The van der Waals surface area contributed by atoms with Crippen LogP contribution in [0.2, 0.25) is 0 Å². The molecule has 0 amide bonds. The smallest absolute Gasteiger partial charge is 0.161 e. The average molecular weight is 352 g/mol. The van der Waals surface area contributed by atoms with Crippen LogP contribution in [-0.2, 0) is 0 Å². The zero-order chi connectivity index (χ0) is 18.9. The van der Waals surface area contributed by atoms with Gasteiger partial charge in [0.05, 0.1) is 14.2 Å². The van der Waals surface area contributed by atoms with Gasteiger partial charge in [0.25, 0.3) is 0 Å². The van der Waals surface area contributed by atoms with Crippen molar-refractivity contribution in [3.8, 4) is 23.0 Å². The van der Waals surface area contributed by atoms with Gasteiger partial charge >= 0.3 is 0 Å². The third-order valence-electron chi connectivity index (χ3n) is 3.83. The van der Waals surface area contributed by atoms with E-state index < -0.39 is 0 Å². The minimum Gasteiger partial charge on any atom is -0.504 e. The third-order valence-corrected chi connectivity index (χ3v) is 3.83. The molecular weight excluding hydrogens is 328 g/mol. The minimum atomic E-state index is 0.132. The molecule has 0 heterocycles. The van der Waals surface area contributed by atoms with E-state index in [0.717, 1.165) is 23.1 Å². The van der Waals surface area contributed by atoms with E-state index in [9.17, 15) is 10.2 Å². The van der Waals surface area contributed by atoms with Crippen LogP contribution in [0.4, 0.5) is 0 Å². The van der Waals surface area contributed by atoms with Gasteiger partial charge in [0.1, 0.15) is 0 Å². The summed E-state index contributed by atoms with van der Waals surface area (Å²) in [6.45, 7) is 2.03. The lowest BCUT2D eigenvalue weighted by atomic mass is 10.1. The van der Waals surface area contributed by atoms with E-state index >= 15 is 0 Å². The number of benzene rings is 2. The highest BCUT2D eigenvalue weighted by atomic mass is 16.5. The van der Waals surface area contributed by atoms with Crippen molar-refractivity contribution in [1.29, 1.82) is 0 Å². The molecule has 0 aliphatic carbocycles. The van der Waals surface area contributed by atoms with Crippen LogP contribution >= 0.6 is 0 Å². The van der Waals surface area contributed by atoms with Gasteiger partial charge in [0, 0.05) is 0 Å². The molecule has 4 heteroatoms. The number of hydrogen-bond donors (Lipinski definition) is 2. The summed E-state index contributed by atoms with van der Waals surface area (Å²) in [7, 11) is 3.06. The zero-order valence-electron chi connectivity index (χ0n) is 15.3. The summed E-state index contributed by atoms with van der Waals surface area (Å²) in [4.78, 5) is 0. The van der Waals surface area contributed by atoms with Gasteiger partial charge in [0.2, 0.25) is 0 Å². The first kappa shape index (κ1) is 19.2. The molecule has 0 aliphatic heterocycles. The summed E-state index contributed by atoms with van der Waals surface area (Å²) in [5.74, 6) is 1.19. The SMILES string of the molecule is COc1cc(/C=C/C/C=C(C)/C=C/c2ccc(O)c(OC)c2)ccc1O. The van der Waals surface area contributed by atoms with E-state index in [1.807, 2.05) is 43.4 Å². The highest BCUT2D eigenvalue weighted by molar-refractivity contribution is 5.58. The van der Waals surface area contributed by atoms with Gasteiger partial charge in [-0.25, -0.2) is 0 Å². The summed E-state index contributed by atoms with van der Waals surface area (Å²) >= 11 is 0. The first-order valence-corrected chi connectivity index (χ1v) is 8.29. The lowest BCUT2D eigenvalue weighted by Crippen LogP contribution is -1.84. The fourth-order valence-electron chi connectivity index (χ4n) is 2.35. The molecular formula is C22H24O4. The van der Waals surface area contributed by atoms with Crippen molar-refractivity contribution in [3.05, 3.63) is 71.3 Å². The quantitative estimate of drug-likeness (QED) is 0.674. The Balaban J connectivity index is 1.95. The van der Waals surface area contributed by atoms with Crippen molar-refractivity contribution >= 4 is 12.2 Å². The Bertz CT molecular complexity index is 832. The monoisotopic (exact) mass is 352 g/mol. The second-order valence-corrected chi connectivity index (χ2v) is 5.78. The third kappa shape index (κ3) is 5.45. The van der Waals surface area contributed by atoms with Gasteiger partial charge in [-0.3, -0.25) is 0 Å². The highest BCUT2D eigenvalue weighted by Crippen LogP contribution is 2.27. The van der Waals surface area contributed by atoms with Crippen molar-refractivity contribution in [2.24, 2.45) is 0 Å². The van der Waals surface area contributed by atoms with E-state index in [1.165, 1.54) is 14.2 Å². The Labute approximate surface area is 154 Å². The predicted molar refractivity (Wildman–Crippen MR) is 106 cm³/mol. The van der Waals surface area contributed by atoms with E-state index in [1.54, 1.807) is 24.3 Å². The van der Waals surface area contributed by atoms with Crippen LogP contribution in [0, 0.1) is 0 Å². The number of phenolic OH excluding ortho intramolecular Hbond substituents is 2. The average Bonchev–Trinajstić information content (AvgIpc) is 2.65. The molecule has 26 heavy (non-hydrogen) atoms. The lowest BCUT2D eigenvalue weighted by molar-refractivity contribution is 0.373. The second kappa shape index (κ2) is 9.37. The molecule has 0 bridgehead atoms. The maximum absolute atomic E-state index is 9.61. The van der Waals surface area contributed by atoms with Gasteiger partial charge in [-0.05, 0) is 48.7 Å². The molecule has 2 aromatic rings. The maximum atomic E-state index is 9.61. The standard InChI is InChI=1S/C22H24O4/c1-16(8-9-18-11-13-20(24)22(15-18)26-3)6-4-5-7-17-10-12-19(23)21(14-17)25-2/h5-15,23-24H,4H2,1-3H3/b7-5+,9-8+,16-6+. The lowest BCUT2D eigenvalue weighted by Gasteiger charge is -2.03. The van der Waals surface area contributed by atoms with Crippen molar-refractivity contribution in [1.82, 2.24) is 0 Å².